The molecule has 0 saturated carbocycles. The molecule has 0 aromatic carbocycles. The van der Waals surface area contributed by atoms with Crippen LogP contribution in [0.3, 0.4) is 0 Å². The largest absolute Gasteiger partial charge is 0.466 e. The van der Waals surface area contributed by atoms with Crippen LogP contribution in [0, 0.1) is 10.8 Å². The van der Waals surface area contributed by atoms with Gasteiger partial charge < -0.3 is 58.3 Å². The maximum atomic E-state index is 13.4. The van der Waals surface area contributed by atoms with Crippen molar-refractivity contribution in [3.8, 4) is 0 Å². The van der Waals surface area contributed by atoms with Gasteiger partial charge >= 0.3 is 29.8 Å². The molecule has 6 bridgehead atoms. The first kappa shape index (κ1) is 51.6. The first-order chi connectivity index (χ1) is 29.3. The van der Waals surface area contributed by atoms with E-state index in [2.05, 4.69) is 6.58 Å². The van der Waals surface area contributed by atoms with Gasteiger partial charge in [0.15, 0.2) is 11.9 Å². The zero-order valence-electron chi connectivity index (χ0n) is 37.9. The summed E-state index contributed by atoms with van der Waals surface area (Å²) in [6, 6.07) is 0. The third-order valence-corrected chi connectivity index (χ3v) is 12.1. The van der Waals surface area contributed by atoms with Crippen molar-refractivity contribution in [3.63, 3.8) is 0 Å². The summed E-state index contributed by atoms with van der Waals surface area (Å²) in [7, 11) is 4.59. The Hall–Kier alpha value is -4.01. The fourth-order valence-electron chi connectivity index (χ4n) is 8.53. The van der Waals surface area contributed by atoms with Crippen LogP contribution in [0.4, 0.5) is 0 Å². The van der Waals surface area contributed by atoms with Crippen LogP contribution < -0.4 is 0 Å². The smallest absolute Gasteiger partial charge is 0.331 e. The highest BCUT2D eigenvalue weighted by Gasteiger charge is 2.59. The topological polar surface area (TPSA) is 243 Å². The zero-order chi connectivity index (χ0) is 47.1. The second-order valence-corrected chi connectivity index (χ2v) is 18.4. The lowest BCUT2D eigenvalue weighted by Crippen LogP contribution is -2.62. The van der Waals surface area contributed by atoms with Gasteiger partial charge in [-0.25, -0.2) is 9.59 Å². The summed E-state index contributed by atoms with van der Waals surface area (Å²) in [6.45, 7) is 12.7. The first-order valence-electron chi connectivity index (χ1n) is 21.3. The number of carbonyl (C=O) groups excluding carboxylic acids is 5. The lowest BCUT2D eigenvalue weighted by molar-refractivity contribution is -0.350. The number of rotatable bonds is 9. The number of hydrogen-bond donors (Lipinski definition) is 4. The monoisotopic (exact) mass is 893 g/mol. The van der Waals surface area contributed by atoms with Crippen LogP contribution in [0.2, 0.25) is 0 Å². The molecule has 4 N–H and O–H groups in total. The Bertz CT molecular complexity index is 1750. The number of nitrogens with zero attached hydrogens (tertiary/aromatic N) is 1. The van der Waals surface area contributed by atoms with Crippen molar-refractivity contribution >= 4 is 29.8 Å². The predicted molar refractivity (Wildman–Crippen MR) is 223 cm³/mol. The Morgan fingerprint density at radius 2 is 1.65 bits per heavy atom. The standard InChI is InChI=1S/C45H67NO17/c1-11-12-13-37(50)61-41-28(17-38(51)56-10)16-32-22-35(26(2)47)60-39(52)19-29(49)18-33-23-36(57-27(3)48)43(6,7)44(54,62-33)24-34-21-31(59-40(53)25-46(8)9)20-30(58-34)14-15-42(4,5)45(41,55)63-32/h11-15,17,26,29-36,41,47,49,54-55H,1,16,18-25H2,2-10H3/b13-12+,15-14+,28-17+/t26-,29-,30+,31?,32?,33?,34+,35?,36?,41+,44+,45?/m1/s1. The summed E-state index contributed by atoms with van der Waals surface area (Å²) >= 11 is 0. The number of aliphatic hydroxyl groups excluding tert-OH is 2. The van der Waals surface area contributed by atoms with E-state index in [1.165, 1.54) is 26.0 Å². The van der Waals surface area contributed by atoms with Crippen LogP contribution in [0.1, 0.15) is 92.9 Å². The second kappa shape index (κ2) is 21.3. The van der Waals surface area contributed by atoms with Gasteiger partial charge in [-0.15, -0.1) is 0 Å². The van der Waals surface area contributed by atoms with Crippen molar-refractivity contribution < 1.29 is 82.3 Å². The molecular formula is C45H67NO17. The molecule has 18 nitrogen and oxygen atoms in total. The van der Waals surface area contributed by atoms with Crippen molar-refractivity contribution in [2.45, 2.75) is 166 Å². The molecule has 4 aliphatic heterocycles. The van der Waals surface area contributed by atoms with Gasteiger partial charge in [0.2, 0.25) is 5.79 Å². The van der Waals surface area contributed by atoms with Gasteiger partial charge in [0.05, 0.1) is 62.1 Å². The SMILES string of the molecule is C=C/C=C/C(=O)O[C@H]1/C(=C/C(=O)OC)CC2CC([C@@H](C)O)OC(=O)C[C@H](O)CC3CC(OC(C)=O)C(C)(C)[C@](O)(C[C@@H]4CC(OC(=O)CN(C)C)C[C@H](/C=C/C(C)(C)C1(O)O2)O4)O3. The highest BCUT2D eigenvalue weighted by Crippen LogP contribution is 2.50. The van der Waals surface area contributed by atoms with Gasteiger partial charge in [-0.3, -0.25) is 19.3 Å². The van der Waals surface area contributed by atoms with E-state index in [-0.39, 0.29) is 57.1 Å². The molecule has 0 aliphatic carbocycles. The molecule has 354 valence electrons. The Morgan fingerprint density at radius 3 is 2.27 bits per heavy atom. The molecule has 3 fully saturated rings. The molecule has 0 radical (unpaired) electrons. The molecule has 12 atom stereocenters. The summed E-state index contributed by atoms with van der Waals surface area (Å²) in [4.78, 5) is 66.4. The Morgan fingerprint density at radius 1 is 0.952 bits per heavy atom. The first-order valence-corrected chi connectivity index (χ1v) is 21.3. The van der Waals surface area contributed by atoms with Gasteiger partial charge in [0.25, 0.3) is 0 Å². The minimum absolute atomic E-state index is 0.0117. The van der Waals surface area contributed by atoms with Crippen molar-refractivity contribution in [1.29, 1.82) is 0 Å². The van der Waals surface area contributed by atoms with Crippen LogP contribution in [-0.2, 0) is 61.9 Å². The molecule has 0 aromatic rings. The van der Waals surface area contributed by atoms with E-state index in [4.69, 9.17) is 37.9 Å². The van der Waals surface area contributed by atoms with Gasteiger partial charge in [-0.1, -0.05) is 58.6 Å². The lowest BCUT2D eigenvalue weighted by atomic mass is 9.70. The number of likely N-dealkylation sites (N-methyl/N-ethyl adjacent to an activating group) is 1. The molecule has 0 amide bonds. The average Bonchev–Trinajstić information content (AvgIpc) is 3.15. The number of ether oxygens (including phenoxy) is 8. The molecule has 4 rings (SSSR count). The molecule has 4 aliphatic rings. The Kier molecular flexibility index (Phi) is 17.5. The third-order valence-electron chi connectivity index (χ3n) is 12.1. The highest BCUT2D eigenvalue weighted by atomic mass is 16.7. The number of fused-ring (bicyclic) bond motifs is 6. The average molecular weight is 894 g/mol. The predicted octanol–water partition coefficient (Wildman–Crippen LogP) is 2.48. The molecule has 0 aromatic heterocycles. The maximum Gasteiger partial charge on any atom is 0.331 e. The molecule has 6 unspecified atom stereocenters. The van der Waals surface area contributed by atoms with Crippen molar-refractivity contribution in [2.75, 3.05) is 27.7 Å². The fourth-order valence-corrected chi connectivity index (χ4v) is 8.53. The number of carbonyl (C=O) groups is 5. The maximum absolute atomic E-state index is 13.4. The number of esters is 5. The van der Waals surface area contributed by atoms with E-state index < -0.39 is 120 Å². The fraction of sp³-hybridized carbons (Fsp3) is 0.711. The lowest BCUT2D eigenvalue weighted by Gasteiger charge is -2.54. The normalized spacial score (nSPS) is 36.6. The van der Waals surface area contributed by atoms with Crippen LogP contribution in [-0.4, -0.2) is 156 Å². The van der Waals surface area contributed by atoms with Gasteiger partial charge in [0, 0.05) is 63.0 Å². The summed E-state index contributed by atoms with van der Waals surface area (Å²) in [5, 5.41) is 47.5. The minimum Gasteiger partial charge on any atom is -0.466 e. The number of cyclic esters (lactones) is 1. The molecule has 0 spiro atoms. The second-order valence-electron chi connectivity index (χ2n) is 18.4. The number of hydrogen-bond acceptors (Lipinski definition) is 18. The van der Waals surface area contributed by atoms with Gasteiger partial charge in [-0.2, -0.15) is 0 Å². The number of allylic oxidation sites excluding steroid dienone is 2. The van der Waals surface area contributed by atoms with E-state index in [0.29, 0.717) is 0 Å². The van der Waals surface area contributed by atoms with Crippen molar-refractivity contribution in [2.24, 2.45) is 10.8 Å². The molecule has 4 heterocycles. The van der Waals surface area contributed by atoms with E-state index in [1.54, 1.807) is 58.8 Å². The summed E-state index contributed by atoms with van der Waals surface area (Å²) in [5.74, 6) is -8.28. The molecule has 18 heteroatoms. The van der Waals surface area contributed by atoms with Gasteiger partial charge in [0.1, 0.15) is 18.3 Å². The van der Waals surface area contributed by atoms with Crippen LogP contribution >= 0.6 is 0 Å². The van der Waals surface area contributed by atoms with E-state index in [1.807, 2.05) is 0 Å². The quantitative estimate of drug-likeness (QED) is 0.0854. The van der Waals surface area contributed by atoms with Crippen LogP contribution in [0.5, 0.6) is 0 Å². The molecule has 3 saturated heterocycles. The molecular weight excluding hydrogens is 826 g/mol. The summed E-state index contributed by atoms with van der Waals surface area (Å²) in [5.41, 5.74) is -2.69. The Balaban J connectivity index is 1.89. The van der Waals surface area contributed by atoms with E-state index >= 15 is 0 Å². The molecule has 63 heavy (non-hydrogen) atoms. The summed E-state index contributed by atoms with van der Waals surface area (Å²) in [6.07, 6.45) is -3.89. The zero-order valence-corrected chi connectivity index (χ0v) is 37.9. The number of methoxy groups -OCH3 is 1. The van der Waals surface area contributed by atoms with E-state index in [9.17, 15) is 44.4 Å². The van der Waals surface area contributed by atoms with Crippen LogP contribution in [0.25, 0.3) is 0 Å². The third kappa shape index (κ3) is 13.3. The van der Waals surface area contributed by atoms with Gasteiger partial charge in [-0.05, 0) is 33.0 Å². The number of aliphatic hydroxyl groups is 4. The Labute approximate surface area is 369 Å². The highest BCUT2D eigenvalue weighted by molar-refractivity contribution is 5.84. The van der Waals surface area contributed by atoms with E-state index in [0.717, 1.165) is 19.3 Å². The van der Waals surface area contributed by atoms with Crippen molar-refractivity contribution in [1.82, 2.24) is 4.90 Å². The van der Waals surface area contributed by atoms with Crippen LogP contribution in [0.15, 0.2) is 48.6 Å². The van der Waals surface area contributed by atoms with Crippen molar-refractivity contribution in [3.05, 3.63) is 48.6 Å². The minimum atomic E-state index is -2.48. The summed E-state index contributed by atoms with van der Waals surface area (Å²) < 4.78 is 47.5.